The molecular weight excluding hydrogens is 198 g/mol. The second kappa shape index (κ2) is 5.12. The zero-order valence-electron chi connectivity index (χ0n) is 9.98. The number of likely N-dealkylation sites (N-methyl/N-ethyl adjacent to an activating group) is 1. The molecule has 0 spiro atoms. The molecule has 2 rings (SSSR count). The molecule has 0 saturated carbocycles. The molecule has 0 saturated heterocycles. The first-order chi connectivity index (χ1) is 7.86. The number of imidazole rings is 1. The summed E-state index contributed by atoms with van der Waals surface area (Å²) in [6.07, 6.45) is 4.34. The monoisotopic (exact) mass is 217 g/mol. The van der Waals surface area contributed by atoms with E-state index in [-0.39, 0.29) is 0 Å². The molecule has 0 radical (unpaired) electrons. The number of para-hydroxylation sites is 2. The van der Waals surface area contributed by atoms with Gasteiger partial charge in [0, 0.05) is 12.6 Å². The number of hydrogen-bond acceptors (Lipinski definition) is 2. The zero-order valence-corrected chi connectivity index (χ0v) is 9.98. The third kappa shape index (κ3) is 2.09. The molecule has 1 aromatic heterocycles. The minimum atomic E-state index is 0.502. The van der Waals surface area contributed by atoms with Gasteiger partial charge in [0.2, 0.25) is 0 Å². The van der Waals surface area contributed by atoms with Crippen LogP contribution in [0.15, 0.2) is 30.6 Å². The van der Waals surface area contributed by atoms with Gasteiger partial charge < -0.3 is 9.88 Å². The summed E-state index contributed by atoms with van der Waals surface area (Å²) in [7, 11) is 2.00. The molecule has 3 nitrogen and oxygen atoms in total. The lowest BCUT2D eigenvalue weighted by molar-refractivity contribution is 0.452. The Labute approximate surface area is 96.5 Å². The van der Waals surface area contributed by atoms with Crippen LogP contribution in [0.5, 0.6) is 0 Å². The maximum atomic E-state index is 4.44. The minimum Gasteiger partial charge on any atom is -0.326 e. The van der Waals surface area contributed by atoms with Crippen molar-refractivity contribution in [2.75, 3.05) is 13.6 Å². The quantitative estimate of drug-likeness (QED) is 0.834. The fourth-order valence-electron chi connectivity index (χ4n) is 2.18. The normalized spacial score (nSPS) is 13.1. The summed E-state index contributed by atoms with van der Waals surface area (Å²) < 4.78 is 2.29. The van der Waals surface area contributed by atoms with Gasteiger partial charge >= 0.3 is 0 Å². The average Bonchev–Trinajstić information content (AvgIpc) is 2.72. The summed E-state index contributed by atoms with van der Waals surface area (Å²) in [6.45, 7) is 3.22. The van der Waals surface area contributed by atoms with Crippen LogP contribution in [0.4, 0.5) is 0 Å². The summed E-state index contributed by atoms with van der Waals surface area (Å²) in [5, 5.41) is 3.26. The fourth-order valence-corrected chi connectivity index (χ4v) is 2.18. The Kier molecular flexibility index (Phi) is 3.57. The first-order valence-corrected chi connectivity index (χ1v) is 5.93. The van der Waals surface area contributed by atoms with E-state index < -0.39 is 0 Å². The van der Waals surface area contributed by atoms with E-state index in [0.29, 0.717) is 6.04 Å². The number of nitrogens with one attached hydrogen (secondary N) is 1. The minimum absolute atomic E-state index is 0.502. The van der Waals surface area contributed by atoms with E-state index in [2.05, 4.69) is 40.0 Å². The van der Waals surface area contributed by atoms with Crippen molar-refractivity contribution in [3.63, 3.8) is 0 Å². The van der Waals surface area contributed by atoms with Gasteiger partial charge in [-0.1, -0.05) is 25.5 Å². The van der Waals surface area contributed by atoms with Crippen LogP contribution in [0.3, 0.4) is 0 Å². The van der Waals surface area contributed by atoms with Gasteiger partial charge in [0.05, 0.1) is 17.4 Å². The number of nitrogens with zero attached hydrogens (tertiary/aromatic N) is 2. The van der Waals surface area contributed by atoms with Gasteiger partial charge in [-0.25, -0.2) is 4.98 Å². The molecule has 16 heavy (non-hydrogen) atoms. The molecule has 0 fully saturated rings. The second-order valence-corrected chi connectivity index (χ2v) is 4.14. The van der Waals surface area contributed by atoms with Gasteiger partial charge in [0.25, 0.3) is 0 Å². The third-order valence-corrected chi connectivity index (χ3v) is 2.94. The Bertz CT molecular complexity index is 441. The van der Waals surface area contributed by atoms with Gasteiger partial charge in [-0.05, 0) is 25.6 Å². The molecule has 1 aromatic carbocycles. The first kappa shape index (κ1) is 11.1. The largest absolute Gasteiger partial charge is 0.326 e. The summed E-state index contributed by atoms with van der Waals surface area (Å²) in [5.41, 5.74) is 2.32. The van der Waals surface area contributed by atoms with Crippen molar-refractivity contribution < 1.29 is 0 Å². The summed E-state index contributed by atoms with van der Waals surface area (Å²) in [5.74, 6) is 0. The molecule has 1 atom stereocenters. The van der Waals surface area contributed by atoms with Gasteiger partial charge in [0.15, 0.2) is 0 Å². The third-order valence-electron chi connectivity index (χ3n) is 2.94. The van der Waals surface area contributed by atoms with Crippen molar-refractivity contribution >= 4 is 11.0 Å². The highest BCUT2D eigenvalue weighted by atomic mass is 15.1. The molecule has 3 heteroatoms. The van der Waals surface area contributed by atoms with E-state index in [0.717, 1.165) is 12.1 Å². The van der Waals surface area contributed by atoms with Crippen molar-refractivity contribution in [1.82, 2.24) is 14.9 Å². The number of fused-ring (bicyclic) bond motifs is 1. The number of aromatic nitrogens is 2. The maximum Gasteiger partial charge on any atom is 0.0961 e. The molecule has 0 aliphatic rings. The van der Waals surface area contributed by atoms with Crippen LogP contribution in [0.25, 0.3) is 11.0 Å². The number of rotatable bonds is 5. The highest BCUT2D eigenvalue weighted by Gasteiger charge is 2.11. The lowest BCUT2D eigenvalue weighted by Crippen LogP contribution is -2.21. The van der Waals surface area contributed by atoms with Crippen molar-refractivity contribution in [3.05, 3.63) is 30.6 Å². The standard InChI is InChI=1S/C13H19N3/c1-3-6-11(9-14-2)16-10-15-12-7-4-5-8-13(12)16/h4-5,7-8,10-11,14H,3,6,9H2,1-2H3. The zero-order chi connectivity index (χ0) is 11.4. The maximum absolute atomic E-state index is 4.44. The van der Waals surface area contributed by atoms with E-state index in [1.165, 1.54) is 18.4 Å². The molecule has 0 amide bonds. The van der Waals surface area contributed by atoms with E-state index in [9.17, 15) is 0 Å². The lowest BCUT2D eigenvalue weighted by atomic mass is 10.1. The predicted octanol–water partition coefficient (Wildman–Crippen LogP) is 2.60. The van der Waals surface area contributed by atoms with Crippen molar-refractivity contribution in [3.8, 4) is 0 Å². The van der Waals surface area contributed by atoms with E-state index in [1.54, 1.807) is 0 Å². The van der Waals surface area contributed by atoms with Crippen molar-refractivity contribution in [2.45, 2.75) is 25.8 Å². The Morgan fingerprint density at radius 1 is 1.38 bits per heavy atom. The molecule has 2 aromatic rings. The van der Waals surface area contributed by atoms with E-state index in [1.807, 2.05) is 19.4 Å². The predicted molar refractivity (Wildman–Crippen MR) is 67.6 cm³/mol. The van der Waals surface area contributed by atoms with Gasteiger partial charge in [-0.15, -0.1) is 0 Å². The lowest BCUT2D eigenvalue weighted by Gasteiger charge is -2.18. The molecule has 1 heterocycles. The summed E-state index contributed by atoms with van der Waals surface area (Å²) in [6, 6.07) is 8.81. The van der Waals surface area contributed by atoms with Gasteiger partial charge in [-0.2, -0.15) is 0 Å². The van der Waals surface area contributed by atoms with Crippen molar-refractivity contribution in [1.29, 1.82) is 0 Å². The Hall–Kier alpha value is -1.35. The van der Waals surface area contributed by atoms with Crippen molar-refractivity contribution in [2.24, 2.45) is 0 Å². The van der Waals surface area contributed by atoms with Crippen LogP contribution in [0, 0.1) is 0 Å². The fraction of sp³-hybridized carbons (Fsp3) is 0.462. The summed E-state index contributed by atoms with van der Waals surface area (Å²) >= 11 is 0. The molecule has 0 aliphatic heterocycles. The van der Waals surface area contributed by atoms with Gasteiger partial charge in [0.1, 0.15) is 0 Å². The molecule has 1 unspecified atom stereocenters. The molecule has 86 valence electrons. The number of hydrogen-bond donors (Lipinski definition) is 1. The highest BCUT2D eigenvalue weighted by molar-refractivity contribution is 5.75. The van der Waals surface area contributed by atoms with Crippen LogP contribution < -0.4 is 5.32 Å². The molecule has 1 N–H and O–H groups in total. The van der Waals surface area contributed by atoms with E-state index in [4.69, 9.17) is 0 Å². The second-order valence-electron chi connectivity index (χ2n) is 4.14. The SMILES string of the molecule is CCCC(CNC)n1cnc2ccccc21. The van der Waals surface area contributed by atoms with Gasteiger partial charge in [-0.3, -0.25) is 0 Å². The smallest absolute Gasteiger partial charge is 0.0961 e. The van der Waals surface area contributed by atoms with Crippen LogP contribution in [-0.2, 0) is 0 Å². The summed E-state index contributed by atoms with van der Waals surface area (Å²) in [4.78, 5) is 4.44. The van der Waals surface area contributed by atoms with Crippen LogP contribution in [0.2, 0.25) is 0 Å². The molecule has 0 aliphatic carbocycles. The Morgan fingerprint density at radius 3 is 2.94 bits per heavy atom. The Balaban J connectivity index is 2.36. The first-order valence-electron chi connectivity index (χ1n) is 5.93. The topological polar surface area (TPSA) is 29.9 Å². The molecule has 0 bridgehead atoms. The highest BCUT2D eigenvalue weighted by Crippen LogP contribution is 2.20. The van der Waals surface area contributed by atoms with E-state index >= 15 is 0 Å². The van der Waals surface area contributed by atoms with Crippen LogP contribution in [0.1, 0.15) is 25.8 Å². The molecular formula is C13H19N3. The van der Waals surface area contributed by atoms with Crippen LogP contribution in [-0.4, -0.2) is 23.1 Å². The van der Waals surface area contributed by atoms with Crippen LogP contribution >= 0.6 is 0 Å². The Morgan fingerprint density at radius 2 is 2.19 bits per heavy atom. The average molecular weight is 217 g/mol. The number of benzene rings is 1.